The minimum Gasteiger partial charge on any atom is -0.489 e. The van der Waals surface area contributed by atoms with Gasteiger partial charge >= 0.3 is 0 Å². The molecule has 15 heavy (non-hydrogen) atoms. The van der Waals surface area contributed by atoms with Crippen LogP contribution in [0.3, 0.4) is 0 Å². The van der Waals surface area contributed by atoms with Gasteiger partial charge in [0.1, 0.15) is 5.69 Å². The predicted octanol–water partition coefficient (Wildman–Crippen LogP) is 2.88. The fourth-order valence-electron chi connectivity index (χ4n) is 1.27. The molecular weight excluding hydrogens is 237 g/mol. The van der Waals surface area contributed by atoms with Gasteiger partial charge in [-0.3, -0.25) is 4.79 Å². The van der Waals surface area contributed by atoms with Crippen LogP contribution in [-0.4, -0.2) is 17.4 Å². The number of carbonyl (C=O) groups is 1. The molecule has 1 aliphatic heterocycles. The van der Waals surface area contributed by atoms with Crippen LogP contribution in [0.1, 0.15) is 16.9 Å². The van der Waals surface area contributed by atoms with E-state index >= 15 is 0 Å². The van der Waals surface area contributed by atoms with Crippen LogP contribution in [0.4, 0.5) is 0 Å². The highest BCUT2D eigenvalue weighted by atomic mass is 35.5. The Balaban J connectivity index is 2.33. The van der Waals surface area contributed by atoms with E-state index in [1.807, 2.05) is 0 Å². The molecule has 0 fully saturated rings. The van der Waals surface area contributed by atoms with Gasteiger partial charge in [-0.15, -0.1) is 0 Å². The van der Waals surface area contributed by atoms with Crippen molar-refractivity contribution in [2.24, 2.45) is 0 Å². The second-order valence-corrected chi connectivity index (χ2v) is 3.86. The Kier molecular flexibility index (Phi) is 2.93. The Bertz CT molecular complexity index is 443. The van der Waals surface area contributed by atoms with Crippen molar-refractivity contribution in [2.45, 2.75) is 6.42 Å². The molecule has 0 aromatic carbocycles. The van der Waals surface area contributed by atoms with E-state index in [1.54, 1.807) is 6.08 Å². The minimum atomic E-state index is -0.297. The first kappa shape index (κ1) is 10.5. The molecule has 0 N–H and O–H groups in total. The quantitative estimate of drug-likeness (QED) is 0.751. The number of allylic oxidation sites excluding steroid dienone is 1. The van der Waals surface area contributed by atoms with Gasteiger partial charge in [-0.05, 0) is 12.1 Å². The number of ketones is 1. The van der Waals surface area contributed by atoms with Crippen LogP contribution >= 0.6 is 23.2 Å². The molecule has 3 nitrogen and oxygen atoms in total. The molecule has 0 atom stereocenters. The van der Waals surface area contributed by atoms with Crippen molar-refractivity contribution < 1.29 is 9.53 Å². The molecule has 0 radical (unpaired) electrons. The molecule has 2 heterocycles. The van der Waals surface area contributed by atoms with Crippen molar-refractivity contribution in [1.82, 2.24) is 4.98 Å². The van der Waals surface area contributed by atoms with E-state index in [4.69, 9.17) is 27.9 Å². The summed E-state index contributed by atoms with van der Waals surface area (Å²) in [5, 5.41) is 0.641. The van der Waals surface area contributed by atoms with Crippen molar-refractivity contribution in [3.05, 3.63) is 39.8 Å². The van der Waals surface area contributed by atoms with Crippen LogP contribution in [0.25, 0.3) is 0 Å². The highest BCUT2D eigenvalue weighted by molar-refractivity contribution is 6.36. The van der Waals surface area contributed by atoms with E-state index < -0.39 is 0 Å². The highest BCUT2D eigenvalue weighted by Crippen LogP contribution is 2.22. The molecule has 0 bridgehead atoms. The number of pyridine rings is 1. The summed E-state index contributed by atoms with van der Waals surface area (Å²) in [4.78, 5) is 15.7. The van der Waals surface area contributed by atoms with Crippen LogP contribution in [-0.2, 0) is 4.74 Å². The Morgan fingerprint density at radius 3 is 2.87 bits per heavy atom. The van der Waals surface area contributed by atoms with Crippen LogP contribution in [0.2, 0.25) is 10.0 Å². The summed E-state index contributed by atoms with van der Waals surface area (Å²) in [6, 6.07) is 1.48. The lowest BCUT2D eigenvalue weighted by atomic mass is 10.2. The second-order valence-electron chi connectivity index (χ2n) is 3.02. The van der Waals surface area contributed by atoms with Crippen LogP contribution < -0.4 is 0 Å². The number of Topliss-reactive ketones (excluding diaryl/α,β-unsaturated/α-hetero) is 1. The summed E-state index contributed by atoms with van der Waals surface area (Å²) < 4.78 is 5.13. The minimum absolute atomic E-state index is 0.175. The Labute approximate surface area is 96.7 Å². The summed E-state index contributed by atoms with van der Waals surface area (Å²) in [6.45, 7) is 0.534. The van der Waals surface area contributed by atoms with Gasteiger partial charge in [-0.1, -0.05) is 23.2 Å². The summed E-state index contributed by atoms with van der Waals surface area (Å²) in [5.41, 5.74) is 0.175. The number of halogens is 2. The zero-order valence-corrected chi connectivity index (χ0v) is 9.18. The molecule has 0 saturated heterocycles. The normalized spacial score (nSPS) is 14.7. The van der Waals surface area contributed by atoms with Crippen molar-refractivity contribution >= 4 is 29.0 Å². The Morgan fingerprint density at radius 2 is 2.27 bits per heavy atom. The first-order chi connectivity index (χ1) is 7.18. The number of ether oxygens (including phenoxy) is 1. The molecule has 1 aromatic rings. The fourth-order valence-corrected chi connectivity index (χ4v) is 1.74. The van der Waals surface area contributed by atoms with Gasteiger partial charge < -0.3 is 4.74 Å². The predicted molar refractivity (Wildman–Crippen MR) is 57.2 cm³/mol. The van der Waals surface area contributed by atoms with Crippen LogP contribution in [0, 0.1) is 0 Å². The molecule has 0 saturated carbocycles. The molecule has 2 rings (SSSR count). The number of hydrogen-bond donors (Lipinski definition) is 0. The lowest BCUT2D eigenvalue weighted by Crippen LogP contribution is -2.07. The van der Waals surface area contributed by atoms with E-state index in [1.165, 1.54) is 12.3 Å². The van der Waals surface area contributed by atoms with Gasteiger partial charge in [-0.25, -0.2) is 4.98 Å². The zero-order chi connectivity index (χ0) is 10.8. The number of aromatic nitrogens is 1. The molecule has 1 aliphatic rings. The van der Waals surface area contributed by atoms with Gasteiger partial charge in [-0.2, -0.15) is 0 Å². The third-order valence-corrected chi connectivity index (χ3v) is 2.45. The summed E-state index contributed by atoms with van der Waals surface area (Å²) in [6.07, 6.45) is 3.86. The molecule has 0 amide bonds. The van der Waals surface area contributed by atoms with Gasteiger partial charge in [0.05, 0.1) is 16.7 Å². The van der Waals surface area contributed by atoms with Crippen molar-refractivity contribution in [2.75, 3.05) is 6.61 Å². The molecule has 0 unspecified atom stereocenters. The maximum absolute atomic E-state index is 11.8. The van der Waals surface area contributed by atoms with Gasteiger partial charge in [0.25, 0.3) is 0 Å². The summed E-state index contributed by atoms with van der Waals surface area (Å²) in [5.74, 6) is 0.0147. The average molecular weight is 244 g/mol. The number of hydrogen-bond acceptors (Lipinski definition) is 3. The maximum atomic E-state index is 11.8. The standard InChI is InChI=1S/C10H7Cl2NO2/c11-6-4-7(12)9(13-5-6)10(14)8-2-1-3-15-8/h2,4-5H,1,3H2. The molecule has 0 aliphatic carbocycles. The average Bonchev–Trinajstić information content (AvgIpc) is 2.69. The zero-order valence-electron chi connectivity index (χ0n) is 7.67. The van der Waals surface area contributed by atoms with Gasteiger partial charge in [0, 0.05) is 12.6 Å². The third kappa shape index (κ3) is 2.13. The summed E-state index contributed by atoms with van der Waals surface area (Å²) >= 11 is 11.5. The smallest absolute Gasteiger partial charge is 0.247 e. The van der Waals surface area contributed by atoms with Gasteiger partial charge in [0.15, 0.2) is 5.76 Å². The monoisotopic (exact) mass is 243 g/mol. The van der Waals surface area contributed by atoms with Crippen molar-refractivity contribution in [3.8, 4) is 0 Å². The first-order valence-corrected chi connectivity index (χ1v) is 5.13. The highest BCUT2D eigenvalue weighted by Gasteiger charge is 2.20. The van der Waals surface area contributed by atoms with E-state index in [-0.39, 0.29) is 16.5 Å². The first-order valence-electron chi connectivity index (χ1n) is 4.37. The topological polar surface area (TPSA) is 39.2 Å². The molecular formula is C10H7Cl2NO2. The number of nitrogens with zero attached hydrogens (tertiary/aromatic N) is 1. The molecule has 0 spiro atoms. The maximum Gasteiger partial charge on any atom is 0.247 e. The third-order valence-electron chi connectivity index (χ3n) is 1.95. The Morgan fingerprint density at radius 1 is 1.47 bits per heavy atom. The number of rotatable bonds is 2. The largest absolute Gasteiger partial charge is 0.489 e. The van der Waals surface area contributed by atoms with Crippen LogP contribution in [0.15, 0.2) is 24.1 Å². The lowest BCUT2D eigenvalue weighted by Gasteiger charge is -2.03. The van der Waals surface area contributed by atoms with Crippen LogP contribution in [0.5, 0.6) is 0 Å². The SMILES string of the molecule is O=C(C1=CCCO1)c1ncc(Cl)cc1Cl. The van der Waals surface area contributed by atoms with Crippen molar-refractivity contribution in [1.29, 1.82) is 0 Å². The van der Waals surface area contributed by atoms with Crippen molar-refractivity contribution in [3.63, 3.8) is 0 Å². The fraction of sp³-hybridized carbons (Fsp3) is 0.200. The van der Waals surface area contributed by atoms with Gasteiger partial charge in [0.2, 0.25) is 5.78 Å². The van der Waals surface area contributed by atoms with E-state index in [2.05, 4.69) is 4.98 Å². The Hall–Kier alpha value is -1.06. The second kappa shape index (κ2) is 4.21. The number of carbonyl (C=O) groups excluding carboxylic acids is 1. The molecule has 5 heteroatoms. The van der Waals surface area contributed by atoms with E-state index in [9.17, 15) is 4.79 Å². The van der Waals surface area contributed by atoms with E-state index in [0.717, 1.165) is 6.42 Å². The lowest BCUT2D eigenvalue weighted by molar-refractivity contribution is 0.0937. The molecule has 78 valence electrons. The summed E-state index contributed by atoms with van der Waals surface area (Å²) in [7, 11) is 0. The van der Waals surface area contributed by atoms with E-state index in [0.29, 0.717) is 17.4 Å². The molecule has 1 aromatic heterocycles.